The molecule has 3 rings (SSSR count). The number of methoxy groups -OCH3 is 1. The number of ether oxygens (including phenoxy) is 3. The summed E-state index contributed by atoms with van der Waals surface area (Å²) in [6.45, 7) is 3.75. The van der Waals surface area contributed by atoms with E-state index in [2.05, 4.69) is 26.4 Å². The van der Waals surface area contributed by atoms with Crippen molar-refractivity contribution in [1.29, 1.82) is 5.26 Å². The van der Waals surface area contributed by atoms with Gasteiger partial charge in [-0.15, -0.1) is 0 Å². The summed E-state index contributed by atoms with van der Waals surface area (Å²) in [6, 6.07) is 13.1. The molecule has 0 aliphatic carbocycles. The molecule has 0 unspecified atom stereocenters. The highest BCUT2D eigenvalue weighted by Crippen LogP contribution is 2.38. The summed E-state index contributed by atoms with van der Waals surface area (Å²) in [7, 11) is 1.50. The van der Waals surface area contributed by atoms with Crippen LogP contribution in [0.2, 0.25) is 0 Å². The van der Waals surface area contributed by atoms with Crippen molar-refractivity contribution in [1.82, 2.24) is 5.16 Å². The van der Waals surface area contributed by atoms with Crippen LogP contribution in [0, 0.1) is 18.3 Å². The molecule has 34 heavy (non-hydrogen) atoms. The SMILES string of the molecule is CCOc1cc(/C=C(/C#N)C(=O)Nc2cc(C)on2)cc(Br)c1OC(=O)c1cccc(OC)c1. The van der Waals surface area contributed by atoms with Crippen molar-refractivity contribution in [2.75, 3.05) is 19.0 Å². The summed E-state index contributed by atoms with van der Waals surface area (Å²) in [4.78, 5) is 25.2. The third kappa shape index (κ3) is 6.02. The molecule has 0 atom stereocenters. The Morgan fingerprint density at radius 3 is 2.71 bits per heavy atom. The van der Waals surface area contributed by atoms with Gasteiger partial charge in [0.1, 0.15) is 23.2 Å². The smallest absolute Gasteiger partial charge is 0.343 e. The lowest BCUT2D eigenvalue weighted by Gasteiger charge is -2.14. The van der Waals surface area contributed by atoms with Gasteiger partial charge in [0, 0.05) is 6.07 Å². The molecule has 0 radical (unpaired) electrons. The van der Waals surface area contributed by atoms with Gasteiger partial charge in [-0.3, -0.25) is 4.79 Å². The highest BCUT2D eigenvalue weighted by Gasteiger charge is 2.19. The lowest BCUT2D eigenvalue weighted by Crippen LogP contribution is -2.13. The van der Waals surface area contributed by atoms with E-state index in [1.165, 1.54) is 19.3 Å². The lowest BCUT2D eigenvalue weighted by molar-refractivity contribution is -0.112. The maximum Gasteiger partial charge on any atom is 0.343 e. The van der Waals surface area contributed by atoms with E-state index in [1.807, 2.05) is 6.07 Å². The number of aryl methyl sites for hydroxylation is 1. The maximum atomic E-state index is 12.7. The van der Waals surface area contributed by atoms with Gasteiger partial charge >= 0.3 is 5.97 Å². The van der Waals surface area contributed by atoms with Gasteiger partial charge < -0.3 is 24.1 Å². The van der Waals surface area contributed by atoms with Crippen LogP contribution in [-0.4, -0.2) is 30.7 Å². The molecule has 1 N–H and O–H groups in total. The third-order valence-corrected chi connectivity index (χ3v) is 4.97. The molecule has 9 nitrogen and oxygen atoms in total. The molecule has 0 aliphatic rings. The second-order valence-electron chi connectivity index (χ2n) is 6.83. The number of carbonyl (C=O) groups excluding carboxylic acids is 2. The minimum atomic E-state index is -0.654. The fraction of sp³-hybridized carbons (Fsp3) is 0.167. The monoisotopic (exact) mass is 525 g/mol. The van der Waals surface area contributed by atoms with Gasteiger partial charge in [0.05, 0.1) is 23.8 Å². The predicted octanol–water partition coefficient (Wildman–Crippen LogP) is 4.92. The molecule has 1 amide bonds. The van der Waals surface area contributed by atoms with Crippen LogP contribution >= 0.6 is 15.9 Å². The van der Waals surface area contributed by atoms with Crippen LogP contribution in [0.3, 0.4) is 0 Å². The van der Waals surface area contributed by atoms with Crippen LogP contribution in [0.1, 0.15) is 28.6 Å². The van der Waals surface area contributed by atoms with Crippen molar-refractivity contribution in [3.63, 3.8) is 0 Å². The van der Waals surface area contributed by atoms with Crippen LogP contribution in [0.15, 0.2) is 57.0 Å². The van der Waals surface area contributed by atoms with Gasteiger partial charge in [-0.05, 0) is 71.7 Å². The number of amides is 1. The van der Waals surface area contributed by atoms with Gasteiger partial charge in [-0.25, -0.2) is 4.79 Å². The summed E-state index contributed by atoms with van der Waals surface area (Å²) in [5.41, 5.74) is 0.597. The number of anilines is 1. The normalized spacial score (nSPS) is 10.9. The van der Waals surface area contributed by atoms with Gasteiger partial charge in [0.25, 0.3) is 5.91 Å². The number of aromatic nitrogens is 1. The Labute approximate surface area is 204 Å². The molecule has 0 spiro atoms. The van der Waals surface area contributed by atoms with Gasteiger partial charge in [-0.2, -0.15) is 5.26 Å². The number of rotatable bonds is 8. The molecule has 2 aromatic carbocycles. The summed E-state index contributed by atoms with van der Waals surface area (Å²) in [5.74, 6) is 0.378. The molecular formula is C24H20BrN3O6. The highest BCUT2D eigenvalue weighted by atomic mass is 79.9. The van der Waals surface area contributed by atoms with Crippen molar-refractivity contribution < 1.29 is 28.3 Å². The first-order valence-corrected chi connectivity index (χ1v) is 10.8. The minimum absolute atomic E-state index is 0.160. The van der Waals surface area contributed by atoms with Gasteiger partial charge in [-0.1, -0.05) is 11.2 Å². The molecule has 0 saturated carbocycles. The maximum absolute atomic E-state index is 12.7. The first-order chi connectivity index (χ1) is 16.3. The number of benzene rings is 2. The van der Waals surface area contributed by atoms with E-state index in [1.54, 1.807) is 50.2 Å². The molecule has 0 aliphatic heterocycles. The molecule has 174 valence electrons. The number of nitriles is 1. The Balaban J connectivity index is 1.89. The molecule has 0 saturated heterocycles. The molecule has 10 heteroatoms. The van der Waals surface area contributed by atoms with Crippen LogP contribution in [0.4, 0.5) is 5.82 Å². The first-order valence-electron chi connectivity index (χ1n) is 10.0. The number of halogens is 1. The van der Waals surface area contributed by atoms with Crippen molar-refractivity contribution in [2.45, 2.75) is 13.8 Å². The van der Waals surface area contributed by atoms with Crippen LogP contribution in [0.25, 0.3) is 6.08 Å². The van der Waals surface area contributed by atoms with Gasteiger partial charge in [0.2, 0.25) is 0 Å². The Morgan fingerprint density at radius 2 is 2.06 bits per heavy atom. The quantitative estimate of drug-likeness (QED) is 0.190. The van der Waals surface area contributed by atoms with E-state index >= 15 is 0 Å². The number of nitrogens with one attached hydrogen (secondary N) is 1. The fourth-order valence-corrected chi connectivity index (χ4v) is 3.40. The zero-order valence-electron chi connectivity index (χ0n) is 18.5. The Bertz CT molecular complexity index is 1290. The fourth-order valence-electron chi connectivity index (χ4n) is 2.86. The first kappa shape index (κ1) is 24.5. The summed E-state index contributed by atoms with van der Waals surface area (Å²) < 4.78 is 21.7. The van der Waals surface area contributed by atoms with E-state index in [-0.39, 0.29) is 22.9 Å². The van der Waals surface area contributed by atoms with Crippen molar-refractivity contribution in [3.8, 4) is 23.3 Å². The van der Waals surface area contributed by atoms with E-state index in [0.717, 1.165) is 0 Å². The topological polar surface area (TPSA) is 124 Å². The molecular weight excluding hydrogens is 506 g/mol. The van der Waals surface area contributed by atoms with Gasteiger partial charge in [0.15, 0.2) is 17.3 Å². The lowest BCUT2D eigenvalue weighted by atomic mass is 10.1. The number of hydrogen-bond donors (Lipinski definition) is 1. The third-order valence-electron chi connectivity index (χ3n) is 4.38. The van der Waals surface area contributed by atoms with E-state index in [4.69, 9.17) is 18.7 Å². The molecule has 0 bridgehead atoms. The van der Waals surface area contributed by atoms with Crippen LogP contribution in [0.5, 0.6) is 17.2 Å². The van der Waals surface area contributed by atoms with Crippen LogP contribution in [-0.2, 0) is 4.79 Å². The van der Waals surface area contributed by atoms with Crippen molar-refractivity contribution >= 4 is 39.7 Å². The zero-order valence-corrected chi connectivity index (χ0v) is 20.1. The summed E-state index contributed by atoms with van der Waals surface area (Å²) in [6.07, 6.45) is 1.38. The summed E-state index contributed by atoms with van der Waals surface area (Å²) >= 11 is 3.39. The summed E-state index contributed by atoms with van der Waals surface area (Å²) in [5, 5.41) is 15.7. The minimum Gasteiger partial charge on any atom is -0.497 e. The molecule has 1 aromatic heterocycles. The van der Waals surface area contributed by atoms with Crippen LogP contribution < -0.4 is 19.5 Å². The highest BCUT2D eigenvalue weighted by molar-refractivity contribution is 9.10. The van der Waals surface area contributed by atoms with E-state index in [0.29, 0.717) is 33.7 Å². The second kappa shape index (κ2) is 11.2. The standard InChI is InChI=1S/C24H20BrN3O6/c1-4-32-20-11-15(9-17(13-26)23(29)27-21-8-14(2)34-28-21)10-19(25)22(20)33-24(30)16-6-5-7-18(12-16)31-3/h5-12H,4H2,1-3H3,(H,27,28,29)/b17-9-. The van der Waals surface area contributed by atoms with E-state index in [9.17, 15) is 14.9 Å². The number of nitrogens with zero attached hydrogens (tertiary/aromatic N) is 2. The number of carbonyl (C=O) groups is 2. The largest absolute Gasteiger partial charge is 0.497 e. The molecule has 0 fully saturated rings. The zero-order chi connectivity index (χ0) is 24.7. The average Bonchev–Trinajstić information content (AvgIpc) is 3.23. The Hall–Kier alpha value is -4.10. The number of esters is 1. The van der Waals surface area contributed by atoms with E-state index < -0.39 is 11.9 Å². The van der Waals surface area contributed by atoms with Crippen molar-refractivity contribution in [2.24, 2.45) is 0 Å². The average molecular weight is 526 g/mol. The second-order valence-corrected chi connectivity index (χ2v) is 7.69. The predicted molar refractivity (Wildman–Crippen MR) is 127 cm³/mol. The Morgan fingerprint density at radius 1 is 1.26 bits per heavy atom. The number of hydrogen-bond acceptors (Lipinski definition) is 8. The van der Waals surface area contributed by atoms with Crippen molar-refractivity contribution in [3.05, 3.63) is 69.4 Å². The molecule has 3 aromatic rings. The molecule has 1 heterocycles. The Kier molecular flexibility index (Phi) is 8.05.